The molecule has 1 aromatic heterocycles. The minimum atomic E-state index is 0.0618. The number of methoxy groups -OCH3 is 1. The Morgan fingerprint density at radius 1 is 0.977 bits per heavy atom. The highest BCUT2D eigenvalue weighted by Crippen LogP contribution is 2.27. The van der Waals surface area contributed by atoms with Gasteiger partial charge in [0.1, 0.15) is 5.75 Å². The molecule has 0 spiro atoms. The van der Waals surface area contributed by atoms with Gasteiger partial charge in [-0.25, -0.2) is 4.98 Å². The predicted octanol–water partition coefficient (Wildman–Crippen LogP) is 7.06. The fourth-order valence-corrected chi connectivity index (χ4v) is 6.21. The number of carbonyl (C=O) groups is 1. The second-order valence-electron chi connectivity index (χ2n) is 11.9. The summed E-state index contributed by atoms with van der Waals surface area (Å²) in [6, 6.07) is 26.8. The number of likely N-dealkylation sites (tertiary alicyclic amines) is 1. The molecule has 2 heterocycles. The quantitative estimate of drug-likeness (QED) is 0.162. The number of nitrogens with zero attached hydrogens (tertiary/aromatic N) is 4. The molecule has 43 heavy (non-hydrogen) atoms. The summed E-state index contributed by atoms with van der Waals surface area (Å²) in [6.45, 7) is 7.05. The van der Waals surface area contributed by atoms with Crippen molar-refractivity contribution in [1.29, 1.82) is 0 Å². The van der Waals surface area contributed by atoms with E-state index in [1.807, 2.05) is 54.4 Å². The second kappa shape index (κ2) is 15.1. The van der Waals surface area contributed by atoms with Crippen LogP contribution in [-0.4, -0.2) is 71.6 Å². The lowest BCUT2D eigenvalue weighted by atomic mass is 9.94. The molecule has 7 heteroatoms. The molecule has 0 aliphatic carbocycles. The van der Waals surface area contributed by atoms with Gasteiger partial charge in [-0.3, -0.25) is 4.79 Å². The van der Waals surface area contributed by atoms with E-state index in [2.05, 4.69) is 58.1 Å². The van der Waals surface area contributed by atoms with Crippen LogP contribution in [0.4, 0.5) is 5.95 Å². The van der Waals surface area contributed by atoms with Crippen molar-refractivity contribution in [1.82, 2.24) is 19.4 Å². The van der Waals surface area contributed by atoms with Gasteiger partial charge in [0.2, 0.25) is 5.95 Å². The molecule has 7 nitrogen and oxygen atoms in total. The van der Waals surface area contributed by atoms with Crippen LogP contribution >= 0.6 is 0 Å². The van der Waals surface area contributed by atoms with Crippen LogP contribution in [0.1, 0.15) is 67.3 Å². The Hall–Kier alpha value is -3.84. The lowest BCUT2D eigenvalue weighted by Gasteiger charge is -2.34. The zero-order valence-electron chi connectivity index (χ0n) is 26.0. The van der Waals surface area contributed by atoms with E-state index in [0.717, 1.165) is 68.2 Å². The summed E-state index contributed by atoms with van der Waals surface area (Å²) in [4.78, 5) is 22.6. The fraction of sp³-hybridized carbons (Fsp3) is 0.444. The SMILES string of the molecule is CCCCCn1c(NC2CCN(CCC(CN(C)C(=O)c3ccccc3)c3ccc(OC)cc3)CC2)nc2ccccc21. The summed E-state index contributed by atoms with van der Waals surface area (Å²) in [5.41, 5.74) is 4.26. The highest BCUT2D eigenvalue weighted by molar-refractivity contribution is 5.94. The number of aromatic nitrogens is 2. The number of aryl methyl sites for hydroxylation is 1. The smallest absolute Gasteiger partial charge is 0.253 e. The Bertz CT molecular complexity index is 1430. The summed E-state index contributed by atoms with van der Waals surface area (Å²) in [7, 11) is 3.61. The van der Waals surface area contributed by atoms with Crippen molar-refractivity contribution in [3.05, 3.63) is 90.0 Å². The second-order valence-corrected chi connectivity index (χ2v) is 11.9. The van der Waals surface area contributed by atoms with Crippen molar-refractivity contribution in [3.8, 4) is 5.75 Å². The number of anilines is 1. The van der Waals surface area contributed by atoms with Gasteiger partial charge >= 0.3 is 0 Å². The minimum absolute atomic E-state index is 0.0618. The molecule has 1 atom stereocenters. The molecule has 1 N–H and O–H groups in total. The number of piperidine rings is 1. The predicted molar refractivity (Wildman–Crippen MR) is 176 cm³/mol. The topological polar surface area (TPSA) is 62.6 Å². The van der Waals surface area contributed by atoms with Gasteiger partial charge in [0.05, 0.1) is 18.1 Å². The van der Waals surface area contributed by atoms with E-state index >= 15 is 0 Å². The zero-order valence-corrected chi connectivity index (χ0v) is 26.0. The lowest BCUT2D eigenvalue weighted by molar-refractivity contribution is 0.0782. The molecule has 1 aliphatic rings. The number of ether oxygens (including phenoxy) is 1. The third-order valence-corrected chi connectivity index (χ3v) is 8.80. The molecule has 4 aromatic rings. The van der Waals surface area contributed by atoms with E-state index in [4.69, 9.17) is 9.72 Å². The first-order valence-electron chi connectivity index (χ1n) is 15.9. The summed E-state index contributed by atoms with van der Waals surface area (Å²) < 4.78 is 7.78. The van der Waals surface area contributed by atoms with Crippen molar-refractivity contribution in [2.24, 2.45) is 0 Å². The number of likely N-dealkylation sites (N-methyl/N-ethyl adjacent to an activating group) is 1. The first-order chi connectivity index (χ1) is 21.1. The maximum atomic E-state index is 13.1. The van der Waals surface area contributed by atoms with Gasteiger partial charge in [-0.1, -0.05) is 62.2 Å². The van der Waals surface area contributed by atoms with Crippen molar-refractivity contribution in [2.45, 2.75) is 64.0 Å². The van der Waals surface area contributed by atoms with Gasteiger partial charge in [-0.15, -0.1) is 0 Å². The molecular weight excluding hydrogens is 534 g/mol. The Kier molecular flexibility index (Phi) is 10.7. The lowest BCUT2D eigenvalue weighted by Crippen LogP contribution is -2.40. The summed E-state index contributed by atoms with van der Waals surface area (Å²) in [5, 5.41) is 3.81. The third kappa shape index (κ3) is 7.96. The van der Waals surface area contributed by atoms with Gasteiger partial charge in [0, 0.05) is 50.7 Å². The number of carbonyl (C=O) groups excluding carboxylic acids is 1. The number of hydrogen-bond acceptors (Lipinski definition) is 5. The van der Waals surface area contributed by atoms with Crippen LogP contribution < -0.4 is 10.1 Å². The fourth-order valence-electron chi connectivity index (χ4n) is 6.21. The van der Waals surface area contributed by atoms with Crippen LogP contribution in [0.3, 0.4) is 0 Å². The Morgan fingerprint density at radius 2 is 1.70 bits per heavy atom. The number of hydrogen-bond donors (Lipinski definition) is 1. The molecule has 0 saturated carbocycles. The molecule has 0 radical (unpaired) electrons. The monoisotopic (exact) mass is 581 g/mol. The highest BCUT2D eigenvalue weighted by atomic mass is 16.5. The molecule has 228 valence electrons. The number of fused-ring (bicyclic) bond motifs is 1. The third-order valence-electron chi connectivity index (χ3n) is 8.80. The zero-order chi connectivity index (χ0) is 30.0. The molecule has 3 aromatic carbocycles. The summed E-state index contributed by atoms with van der Waals surface area (Å²) in [6.07, 6.45) is 6.80. The maximum absolute atomic E-state index is 13.1. The Balaban J connectivity index is 1.19. The molecule has 1 aliphatic heterocycles. The molecule has 5 rings (SSSR count). The number of unbranched alkanes of at least 4 members (excludes halogenated alkanes) is 2. The molecule has 1 unspecified atom stereocenters. The largest absolute Gasteiger partial charge is 0.497 e. The number of nitrogens with one attached hydrogen (secondary N) is 1. The highest BCUT2D eigenvalue weighted by Gasteiger charge is 2.24. The molecule has 0 bridgehead atoms. The number of benzene rings is 3. The van der Waals surface area contributed by atoms with Gasteiger partial charge in [0.25, 0.3) is 5.91 Å². The van der Waals surface area contributed by atoms with Crippen LogP contribution in [0.5, 0.6) is 5.75 Å². The minimum Gasteiger partial charge on any atom is -0.497 e. The van der Waals surface area contributed by atoms with E-state index in [0.29, 0.717) is 12.6 Å². The van der Waals surface area contributed by atoms with Crippen LogP contribution in [0, 0.1) is 0 Å². The number of amides is 1. The van der Waals surface area contributed by atoms with Crippen molar-refractivity contribution >= 4 is 22.9 Å². The molecular formula is C36H47N5O2. The summed E-state index contributed by atoms with van der Waals surface area (Å²) in [5.74, 6) is 2.17. The van der Waals surface area contributed by atoms with Crippen molar-refractivity contribution in [2.75, 3.05) is 45.7 Å². The number of imidazole rings is 1. The van der Waals surface area contributed by atoms with Crippen LogP contribution in [0.15, 0.2) is 78.9 Å². The maximum Gasteiger partial charge on any atom is 0.253 e. The average Bonchev–Trinajstić information content (AvgIpc) is 3.40. The molecule has 1 amide bonds. The van der Waals surface area contributed by atoms with Gasteiger partial charge in [-0.2, -0.15) is 0 Å². The number of para-hydroxylation sites is 2. The van der Waals surface area contributed by atoms with Gasteiger partial charge in [-0.05, 0) is 74.2 Å². The number of rotatable bonds is 14. The molecule has 1 fully saturated rings. The standard InChI is InChI=1S/C36H47N5O2/c1-4-5-11-23-41-34-15-10-9-14-33(34)38-36(41)37-31-21-25-40(26-22-31)24-20-30(28-16-18-32(43-3)19-17-28)27-39(2)35(42)29-12-7-6-8-13-29/h6-10,12-19,30-31H,4-5,11,20-27H2,1-3H3,(H,37,38). The molecule has 1 saturated heterocycles. The first kappa shape index (κ1) is 30.6. The van der Waals surface area contributed by atoms with E-state index in [9.17, 15) is 4.79 Å². The van der Waals surface area contributed by atoms with E-state index in [1.54, 1.807) is 7.11 Å². The summed E-state index contributed by atoms with van der Waals surface area (Å²) >= 11 is 0. The van der Waals surface area contributed by atoms with Crippen molar-refractivity contribution < 1.29 is 9.53 Å². The van der Waals surface area contributed by atoms with Crippen molar-refractivity contribution in [3.63, 3.8) is 0 Å². The Morgan fingerprint density at radius 3 is 2.42 bits per heavy atom. The van der Waals surface area contributed by atoms with E-state index in [-0.39, 0.29) is 11.8 Å². The van der Waals surface area contributed by atoms with Gasteiger partial charge < -0.3 is 24.4 Å². The van der Waals surface area contributed by atoms with Crippen LogP contribution in [0.2, 0.25) is 0 Å². The van der Waals surface area contributed by atoms with Crippen LogP contribution in [-0.2, 0) is 6.54 Å². The van der Waals surface area contributed by atoms with E-state index in [1.165, 1.54) is 30.3 Å². The average molecular weight is 582 g/mol. The van der Waals surface area contributed by atoms with E-state index < -0.39 is 0 Å². The first-order valence-corrected chi connectivity index (χ1v) is 15.9. The van der Waals surface area contributed by atoms with Crippen LogP contribution in [0.25, 0.3) is 11.0 Å². The normalized spacial score (nSPS) is 15.0. The van der Waals surface area contributed by atoms with Gasteiger partial charge in [0.15, 0.2) is 0 Å². The Labute approximate surface area is 256 Å².